The van der Waals surface area contributed by atoms with Crippen molar-refractivity contribution in [3.63, 3.8) is 0 Å². The Morgan fingerprint density at radius 2 is 1.75 bits per heavy atom. The fraction of sp³-hybridized carbons (Fsp3) is 0.429. The van der Waals surface area contributed by atoms with Crippen molar-refractivity contribution in [2.24, 2.45) is 0 Å². The lowest BCUT2D eigenvalue weighted by Crippen LogP contribution is -2.46. The first kappa shape index (κ1) is 24.4. The van der Waals surface area contributed by atoms with Crippen LogP contribution in [0.4, 0.5) is 11.4 Å². The van der Waals surface area contributed by atoms with Gasteiger partial charge in [0, 0.05) is 56.9 Å². The Hall–Kier alpha value is -2.24. The molecule has 0 aromatic heterocycles. The third-order valence-electron chi connectivity index (χ3n) is 5.34. The molecule has 0 saturated carbocycles. The van der Waals surface area contributed by atoms with Gasteiger partial charge < -0.3 is 9.80 Å². The van der Waals surface area contributed by atoms with E-state index in [9.17, 15) is 18.5 Å². The van der Waals surface area contributed by atoms with Crippen molar-refractivity contribution >= 4 is 33.0 Å². The maximum absolute atomic E-state index is 12.5. The normalized spacial score (nSPS) is 15.3. The molecule has 0 amide bonds. The van der Waals surface area contributed by atoms with E-state index in [4.69, 9.17) is 11.6 Å². The summed E-state index contributed by atoms with van der Waals surface area (Å²) in [5, 5.41) is 12.4. The van der Waals surface area contributed by atoms with Crippen LogP contribution in [0.25, 0.3) is 0 Å². The summed E-state index contributed by atoms with van der Waals surface area (Å²) in [5.41, 5.74) is 1.39. The molecule has 3 rings (SSSR count). The van der Waals surface area contributed by atoms with Gasteiger partial charge in [-0.05, 0) is 43.9 Å². The van der Waals surface area contributed by atoms with Gasteiger partial charge in [0.25, 0.3) is 5.69 Å². The number of anilines is 1. The molecule has 1 heterocycles. The zero-order chi connectivity index (χ0) is 23.3. The Bertz CT molecular complexity index is 1040. The number of sulfonamides is 1. The van der Waals surface area contributed by atoms with Crippen molar-refractivity contribution in [3.05, 3.63) is 63.2 Å². The number of nitro benzene ring substituents is 1. The minimum Gasteiger partial charge on any atom is -0.363 e. The number of nitro groups is 1. The molecule has 1 aliphatic rings. The van der Waals surface area contributed by atoms with Gasteiger partial charge in [-0.2, -0.15) is 0 Å². The number of likely N-dealkylation sites (N-methyl/N-ethyl adjacent to an activating group) is 1. The van der Waals surface area contributed by atoms with Crippen molar-refractivity contribution in [3.8, 4) is 0 Å². The Labute approximate surface area is 193 Å². The van der Waals surface area contributed by atoms with Crippen molar-refractivity contribution in [2.45, 2.75) is 11.4 Å². The highest BCUT2D eigenvalue weighted by molar-refractivity contribution is 7.89. The minimum atomic E-state index is -3.82. The lowest BCUT2D eigenvalue weighted by atomic mass is 10.2. The molecule has 1 aliphatic heterocycles. The number of rotatable bonds is 9. The minimum absolute atomic E-state index is 0.104. The number of nitrogens with one attached hydrogen (secondary N) is 1. The monoisotopic (exact) mass is 481 g/mol. The zero-order valence-electron chi connectivity index (χ0n) is 18.2. The number of halogens is 1. The third kappa shape index (κ3) is 6.39. The van der Waals surface area contributed by atoms with Gasteiger partial charge in [-0.3, -0.25) is 15.0 Å². The van der Waals surface area contributed by atoms with E-state index in [1.165, 1.54) is 12.1 Å². The second-order valence-corrected chi connectivity index (χ2v) is 10.2. The highest BCUT2D eigenvalue weighted by Gasteiger charge is 2.26. The van der Waals surface area contributed by atoms with E-state index >= 15 is 0 Å². The van der Waals surface area contributed by atoms with E-state index in [0.717, 1.165) is 31.3 Å². The van der Waals surface area contributed by atoms with Crippen LogP contribution in [0, 0.1) is 10.1 Å². The van der Waals surface area contributed by atoms with Crippen LogP contribution in [-0.4, -0.2) is 76.5 Å². The van der Waals surface area contributed by atoms with E-state index in [0.29, 0.717) is 30.3 Å². The molecular formula is C21H28ClN5O4S. The number of hydrogen-bond donors (Lipinski definition) is 1. The van der Waals surface area contributed by atoms with Gasteiger partial charge in [-0.1, -0.05) is 23.7 Å². The summed E-state index contributed by atoms with van der Waals surface area (Å²) in [7, 11) is -0.150. The summed E-state index contributed by atoms with van der Waals surface area (Å²) in [6.45, 7) is 4.24. The molecule has 0 spiro atoms. The van der Waals surface area contributed by atoms with E-state index < -0.39 is 14.9 Å². The standard InChI is InChI=1S/C21H28ClN5O4S/c1-24(2)10-9-23-32(30,31)19-7-8-20(21(15-19)27(28)29)26-13-11-25(12-14-26)16-17-3-5-18(22)6-4-17/h3-8,15,23H,9-14,16H2,1-2H3. The fourth-order valence-corrected chi connectivity index (χ4v) is 4.73. The molecule has 1 fully saturated rings. The molecule has 2 aromatic carbocycles. The second-order valence-electron chi connectivity index (χ2n) is 8.00. The quantitative estimate of drug-likeness (QED) is 0.433. The predicted molar refractivity (Wildman–Crippen MR) is 126 cm³/mol. The van der Waals surface area contributed by atoms with Crippen LogP contribution in [-0.2, 0) is 16.6 Å². The lowest BCUT2D eigenvalue weighted by molar-refractivity contribution is -0.384. The molecule has 174 valence electrons. The largest absolute Gasteiger partial charge is 0.363 e. The van der Waals surface area contributed by atoms with Gasteiger partial charge in [0.1, 0.15) is 5.69 Å². The SMILES string of the molecule is CN(C)CCNS(=O)(=O)c1ccc(N2CCN(Cc3ccc(Cl)cc3)CC2)c([N+](=O)[O-])c1. The number of benzene rings is 2. The molecule has 0 radical (unpaired) electrons. The van der Waals surface area contributed by atoms with Crippen LogP contribution in [0.2, 0.25) is 5.02 Å². The summed E-state index contributed by atoms with van der Waals surface area (Å²) in [6, 6.07) is 11.8. The molecule has 0 bridgehead atoms. The van der Waals surface area contributed by atoms with Gasteiger partial charge in [-0.25, -0.2) is 13.1 Å². The first-order valence-electron chi connectivity index (χ1n) is 10.3. The molecule has 0 unspecified atom stereocenters. The van der Waals surface area contributed by atoms with Crippen LogP contribution in [0.5, 0.6) is 0 Å². The Morgan fingerprint density at radius 1 is 1.09 bits per heavy atom. The summed E-state index contributed by atoms with van der Waals surface area (Å²) >= 11 is 5.94. The smallest absolute Gasteiger partial charge is 0.293 e. The van der Waals surface area contributed by atoms with Gasteiger partial charge in [0.05, 0.1) is 9.82 Å². The highest BCUT2D eigenvalue weighted by atomic mass is 35.5. The van der Waals surface area contributed by atoms with Crippen molar-refractivity contribution < 1.29 is 13.3 Å². The molecular weight excluding hydrogens is 454 g/mol. The molecule has 32 heavy (non-hydrogen) atoms. The molecule has 1 saturated heterocycles. The average Bonchev–Trinajstić information content (AvgIpc) is 2.75. The number of hydrogen-bond acceptors (Lipinski definition) is 7. The van der Waals surface area contributed by atoms with Gasteiger partial charge in [0.2, 0.25) is 10.0 Å². The Balaban J connectivity index is 1.69. The Morgan fingerprint density at radius 3 is 2.34 bits per heavy atom. The van der Waals surface area contributed by atoms with Gasteiger partial charge in [0.15, 0.2) is 0 Å². The van der Waals surface area contributed by atoms with Crippen molar-refractivity contribution in [1.29, 1.82) is 0 Å². The summed E-state index contributed by atoms with van der Waals surface area (Å²) < 4.78 is 27.5. The van der Waals surface area contributed by atoms with Crippen LogP contribution < -0.4 is 9.62 Å². The molecule has 0 atom stereocenters. The Kier molecular flexibility index (Phi) is 8.07. The fourth-order valence-electron chi connectivity index (χ4n) is 3.57. The zero-order valence-corrected chi connectivity index (χ0v) is 19.8. The maximum Gasteiger partial charge on any atom is 0.293 e. The first-order valence-corrected chi connectivity index (χ1v) is 12.2. The lowest BCUT2D eigenvalue weighted by Gasteiger charge is -2.35. The van der Waals surface area contributed by atoms with E-state index in [1.807, 2.05) is 48.2 Å². The van der Waals surface area contributed by atoms with Crippen LogP contribution in [0.3, 0.4) is 0 Å². The van der Waals surface area contributed by atoms with Crippen LogP contribution >= 0.6 is 11.6 Å². The van der Waals surface area contributed by atoms with Crippen molar-refractivity contribution in [1.82, 2.24) is 14.5 Å². The summed E-state index contributed by atoms with van der Waals surface area (Å²) in [5.74, 6) is 0. The molecule has 11 heteroatoms. The topological polar surface area (TPSA) is 99.0 Å². The molecule has 9 nitrogen and oxygen atoms in total. The second kappa shape index (κ2) is 10.6. The van der Waals surface area contributed by atoms with Gasteiger partial charge >= 0.3 is 0 Å². The number of nitrogens with zero attached hydrogens (tertiary/aromatic N) is 4. The predicted octanol–water partition coefficient (Wildman–Crippen LogP) is 2.41. The van der Waals surface area contributed by atoms with E-state index in [1.54, 1.807) is 0 Å². The van der Waals surface area contributed by atoms with E-state index in [-0.39, 0.29) is 17.1 Å². The molecule has 2 aromatic rings. The van der Waals surface area contributed by atoms with Crippen LogP contribution in [0.1, 0.15) is 5.56 Å². The maximum atomic E-state index is 12.5. The van der Waals surface area contributed by atoms with Gasteiger partial charge in [-0.15, -0.1) is 0 Å². The summed E-state index contributed by atoms with van der Waals surface area (Å²) in [4.78, 5) is 17.2. The summed E-state index contributed by atoms with van der Waals surface area (Å²) in [6.07, 6.45) is 0. The van der Waals surface area contributed by atoms with Crippen LogP contribution in [0.15, 0.2) is 47.4 Å². The van der Waals surface area contributed by atoms with E-state index in [2.05, 4.69) is 9.62 Å². The highest BCUT2D eigenvalue weighted by Crippen LogP contribution is 2.31. The average molecular weight is 482 g/mol. The third-order valence-corrected chi connectivity index (χ3v) is 7.05. The molecule has 0 aliphatic carbocycles. The molecule has 1 N–H and O–H groups in total. The van der Waals surface area contributed by atoms with Crippen molar-refractivity contribution in [2.75, 3.05) is 58.3 Å². The first-order chi connectivity index (χ1) is 15.2. The number of piperazine rings is 1.